The van der Waals surface area contributed by atoms with Gasteiger partial charge in [0.15, 0.2) is 0 Å². The number of nitrogens with one attached hydrogen (secondary N) is 2. The smallest absolute Gasteiger partial charge is 0.251 e. The van der Waals surface area contributed by atoms with Crippen LogP contribution in [0.4, 0.5) is 5.69 Å². The average Bonchev–Trinajstić information content (AvgIpc) is 2.52. The summed E-state index contributed by atoms with van der Waals surface area (Å²) in [5.41, 5.74) is 2.64. The highest BCUT2D eigenvalue weighted by Gasteiger charge is 2.03. The third kappa shape index (κ3) is 3.89. The SMILES string of the molecule is CNC(=O)c1ccc(CNc2ccc(OC)c(Cl)c2)cc1. The molecule has 0 aliphatic heterocycles. The van der Waals surface area contributed by atoms with Gasteiger partial charge in [-0.05, 0) is 35.9 Å². The second-order valence-electron chi connectivity index (χ2n) is 4.48. The summed E-state index contributed by atoms with van der Waals surface area (Å²) in [5.74, 6) is 0.564. The van der Waals surface area contributed by atoms with Gasteiger partial charge in [-0.1, -0.05) is 23.7 Å². The van der Waals surface area contributed by atoms with E-state index in [9.17, 15) is 4.79 Å². The standard InChI is InChI=1S/C16H17ClN2O2/c1-18-16(20)12-5-3-11(4-6-12)10-19-13-7-8-15(21-2)14(17)9-13/h3-9,19H,10H2,1-2H3,(H,18,20). The molecule has 2 aromatic carbocycles. The van der Waals surface area contributed by atoms with Crippen LogP contribution in [0.3, 0.4) is 0 Å². The lowest BCUT2D eigenvalue weighted by Crippen LogP contribution is -2.17. The monoisotopic (exact) mass is 304 g/mol. The molecule has 0 aliphatic carbocycles. The molecule has 0 atom stereocenters. The summed E-state index contributed by atoms with van der Waals surface area (Å²) >= 11 is 6.07. The molecule has 0 saturated carbocycles. The zero-order valence-corrected chi connectivity index (χ0v) is 12.7. The molecule has 1 amide bonds. The van der Waals surface area contributed by atoms with E-state index in [1.54, 1.807) is 26.3 Å². The van der Waals surface area contributed by atoms with Crippen molar-refractivity contribution in [2.24, 2.45) is 0 Å². The van der Waals surface area contributed by atoms with Gasteiger partial charge >= 0.3 is 0 Å². The number of amides is 1. The van der Waals surface area contributed by atoms with Crippen LogP contribution < -0.4 is 15.4 Å². The Morgan fingerprint density at radius 3 is 2.48 bits per heavy atom. The highest BCUT2D eigenvalue weighted by Crippen LogP contribution is 2.27. The van der Waals surface area contributed by atoms with Gasteiger partial charge in [0.05, 0.1) is 12.1 Å². The van der Waals surface area contributed by atoms with Crippen molar-refractivity contribution in [3.05, 3.63) is 58.6 Å². The molecule has 0 fully saturated rings. The van der Waals surface area contributed by atoms with E-state index in [4.69, 9.17) is 16.3 Å². The molecule has 0 heterocycles. The van der Waals surface area contributed by atoms with Crippen molar-refractivity contribution in [2.75, 3.05) is 19.5 Å². The van der Waals surface area contributed by atoms with Gasteiger partial charge in [-0.15, -0.1) is 0 Å². The Morgan fingerprint density at radius 1 is 1.19 bits per heavy atom. The largest absolute Gasteiger partial charge is 0.495 e. The lowest BCUT2D eigenvalue weighted by Gasteiger charge is -2.09. The number of halogens is 1. The number of methoxy groups -OCH3 is 1. The van der Waals surface area contributed by atoms with Crippen molar-refractivity contribution in [1.29, 1.82) is 0 Å². The zero-order chi connectivity index (χ0) is 15.2. The molecule has 0 bridgehead atoms. The Labute approximate surface area is 129 Å². The second kappa shape index (κ2) is 6.99. The fourth-order valence-electron chi connectivity index (χ4n) is 1.90. The highest BCUT2D eigenvalue weighted by atomic mass is 35.5. The van der Waals surface area contributed by atoms with Crippen LogP contribution >= 0.6 is 11.6 Å². The molecule has 2 N–H and O–H groups in total. The van der Waals surface area contributed by atoms with Gasteiger partial charge in [0.1, 0.15) is 5.75 Å². The minimum absolute atomic E-state index is 0.0866. The van der Waals surface area contributed by atoms with Gasteiger partial charge in [0.25, 0.3) is 5.91 Å². The number of hydrogen-bond acceptors (Lipinski definition) is 3. The van der Waals surface area contributed by atoms with Crippen LogP contribution in [0.5, 0.6) is 5.75 Å². The topological polar surface area (TPSA) is 50.4 Å². The first kappa shape index (κ1) is 15.2. The number of carbonyl (C=O) groups excluding carboxylic acids is 1. The summed E-state index contributed by atoms with van der Waals surface area (Å²) in [4.78, 5) is 11.4. The number of benzene rings is 2. The van der Waals surface area contributed by atoms with Crippen LogP contribution in [0.15, 0.2) is 42.5 Å². The molecule has 0 spiro atoms. The van der Waals surface area contributed by atoms with Crippen LogP contribution in [0.25, 0.3) is 0 Å². The Kier molecular flexibility index (Phi) is 5.06. The Bertz CT molecular complexity index is 627. The van der Waals surface area contributed by atoms with E-state index < -0.39 is 0 Å². The van der Waals surface area contributed by atoms with E-state index in [0.29, 0.717) is 22.9 Å². The molecule has 0 saturated heterocycles. The molecule has 4 nitrogen and oxygen atoms in total. The molecule has 110 valence electrons. The fraction of sp³-hybridized carbons (Fsp3) is 0.188. The van der Waals surface area contributed by atoms with Crippen LogP contribution in [0.1, 0.15) is 15.9 Å². The maximum atomic E-state index is 11.4. The normalized spacial score (nSPS) is 10.0. The van der Waals surface area contributed by atoms with Crippen molar-refractivity contribution < 1.29 is 9.53 Å². The summed E-state index contributed by atoms with van der Waals surface area (Å²) in [6.45, 7) is 0.649. The van der Waals surface area contributed by atoms with Crippen LogP contribution in [0.2, 0.25) is 5.02 Å². The molecule has 5 heteroatoms. The van der Waals surface area contributed by atoms with Gasteiger partial charge in [0.2, 0.25) is 0 Å². The molecule has 2 rings (SSSR count). The van der Waals surface area contributed by atoms with Gasteiger partial charge in [-0.3, -0.25) is 4.79 Å². The van der Waals surface area contributed by atoms with E-state index in [0.717, 1.165) is 11.3 Å². The molecular weight excluding hydrogens is 288 g/mol. The van der Waals surface area contributed by atoms with Crippen molar-refractivity contribution in [3.63, 3.8) is 0 Å². The van der Waals surface area contributed by atoms with E-state index >= 15 is 0 Å². The van der Waals surface area contributed by atoms with Crippen molar-refractivity contribution in [1.82, 2.24) is 5.32 Å². The van der Waals surface area contributed by atoms with Gasteiger partial charge in [-0.2, -0.15) is 0 Å². The molecule has 2 aromatic rings. The Balaban J connectivity index is 1.99. The predicted octanol–water partition coefficient (Wildman–Crippen LogP) is 3.32. The Hall–Kier alpha value is -2.20. The van der Waals surface area contributed by atoms with Crippen molar-refractivity contribution in [2.45, 2.75) is 6.54 Å². The van der Waals surface area contributed by atoms with Gasteiger partial charge < -0.3 is 15.4 Å². The summed E-state index contributed by atoms with van der Waals surface area (Å²) in [6, 6.07) is 13.0. The third-order valence-electron chi connectivity index (χ3n) is 3.09. The first-order valence-corrected chi connectivity index (χ1v) is 6.90. The first-order chi connectivity index (χ1) is 10.1. The molecule has 0 aromatic heterocycles. The minimum Gasteiger partial charge on any atom is -0.495 e. The lowest BCUT2D eigenvalue weighted by molar-refractivity contribution is 0.0963. The summed E-state index contributed by atoms with van der Waals surface area (Å²) < 4.78 is 5.11. The summed E-state index contributed by atoms with van der Waals surface area (Å²) in [5, 5.41) is 6.44. The number of rotatable bonds is 5. The molecule has 0 aliphatic rings. The second-order valence-corrected chi connectivity index (χ2v) is 4.89. The highest BCUT2D eigenvalue weighted by molar-refractivity contribution is 6.32. The zero-order valence-electron chi connectivity index (χ0n) is 11.9. The van der Waals surface area contributed by atoms with E-state index in [2.05, 4.69) is 10.6 Å². The molecule has 0 unspecified atom stereocenters. The van der Waals surface area contributed by atoms with E-state index in [-0.39, 0.29) is 5.91 Å². The van der Waals surface area contributed by atoms with Crippen molar-refractivity contribution in [3.8, 4) is 5.75 Å². The number of hydrogen-bond donors (Lipinski definition) is 2. The average molecular weight is 305 g/mol. The van der Waals surface area contributed by atoms with E-state index in [1.165, 1.54) is 0 Å². The third-order valence-corrected chi connectivity index (χ3v) is 3.39. The number of anilines is 1. The fourth-order valence-corrected chi connectivity index (χ4v) is 2.16. The molecule has 0 radical (unpaired) electrons. The molecule has 21 heavy (non-hydrogen) atoms. The van der Waals surface area contributed by atoms with Gasteiger partial charge in [0, 0.05) is 24.8 Å². The minimum atomic E-state index is -0.0866. The van der Waals surface area contributed by atoms with Crippen LogP contribution in [0, 0.1) is 0 Å². The van der Waals surface area contributed by atoms with Crippen molar-refractivity contribution >= 4 is 23.2 Å². The van der Waals surface area contributed by atoms with Crippen LogP contribution in [-0.4, -0.2) is 20.1 Å². The van der Waals surface area contributed by atoms with Crippen LogP contribution in [-0.2, 0) is 6.54 Å². The van der Waals surface area contributed by atoms with E-state index in [1.807, 2.05) is 30.3 Å². The summed E-state index contributed by atoms with van der Waals surface area (Å²) in [6.07, 6.45) is 0. The first-order valence-electron chi connectivity index (χ1n) is 6.52. The Morgan fingerprint density at radius 2 is 1.90 bits per heavy atom. The number of carbonyl (C=O) groups is 1. The maximum Gasteiger partial charge on any atom is 0.251 e. The van der Waals surface area contributed by atoms with Gasteiger partial charge in [-0.25, -0.2) is 0 Å². The maximum absolute atomic E-state index is 11.4. The number of ether oxygens (including phenoxy) is 1. The predicted molar refractivity (Wildman–Crippen MR) is 85.2 cm³/mol. The quantitative estimate of drug-likeness (QED) is 0.891. The summed E-state index contributed by atoms with van der Waals surface area (Å²) in [7, 11) is 3.20. The lowest BCUT2D eigenvalue weighted by atomic mass is 10.1. The molecular formula is C16H17ClN2O2.